The van der Waals surface area contributed by atoms with Crippen molar-refractivity contribution >= 4 is 11.6 Å². The minimum atomic E-state index is -0.215. The maximum absolute atomic E-state index is 13.0. The second-order valence-electron chi connectivity index (χ2n) is 9.95. The smallest absolute Gasteiger partial charge is 0.274 e. The molecule has 0 bridgehead atoms. The quantitative estimate of drug-likeness (QED) is 0.835. The molecule has 0 unspecified atom stereocenters. The topological polar surface area (TPSA) is 59.7 Å². The van der Waals surface area contributed by atoms with Gasteiger partial charge in [0.25, 0.3) is 5.91 Å². The van der Waals surface area contributed by atoms with E-state index in [1.54, 1.807) is 0 Å². The minimum Gasteiger partial charge on any atom is -0.389 e. The van der Waals surface area contributed by atoms with E-state index < -0.39 is 0 Å². The first-order chi connectivity index (χ1) is 12.1. The van der Waals surface area contributed by atoms with Crippen LogP contribution in [0.3, 0.4) is 0 Å². The molecule has 0 spiro atoms. The van der Waals surface area contributed by atoms with Gasteiger partial charge in [0.2, 0.25) is 0 Å². The van der Waals surface area contributed by atoms with Gasteiger partial charge < -0.3 is 14.3 Å². The van der Waals surface area contributed by atoms with E-state index in [0.29, 0.717) is 11.7 Å². The second-order valence-corrected chi connectivity index (χ2v) is 9.95. The first kappa shape index (κ1) is 16.3. The minimum absolute atomic E-state index is 0.00206. The number of hydrogen-bond acceptors (Lipinski definition) is 4. The summed E-state index contributed by atoms with van der Waals surface area (Å²) in [6.45, 7) is 12.6. The Morgan fingerprint density at radius 1 is 1.15 bits per heavy atom. The molecule has 4 aliphatic rings. The molecule has 0 N–H and O–H groups in total. The number of amides is 1. The highest BCUT2D eigenvalue weighted by Crippen LogP contribution is 2.82. The van der Waals surface area contributed by atoms with Gasteiger partial charge >= 0.3 is 0 Å². The first-order valence-electron chi connectivity index (χ1n) is 9.70. The summed E-state index contributed by atoms with van der Waals surface area (Å²) < 4.78 is 2.09. The fourth-order valence-electron chi connectivity index (χ4n) is 5.67. The van der Waals surface area contributed by atoms with E-state index in [0.717, 1.165) is 25.2 Å². The monoisotopic (exact) mass is 356 g/mol. The summed E-state index contributed by atoms with van der Waals surface area (Å²) in [6.07, 6.45) is 6.99. The van der Waals surface area contributed by atoms with Crippen LogP contribution in [-0.4, -0.2) is 44.8 Å². The fourth-order valence-corrected chi connectivity index (χ4v) is 5.67. The van der Waals surface area contributed by atoms with Crippen LogP contribution >= 0.6 is 0 Å². The van der Waals surface area contributed by atoms with Crippen molar-refractivity contribution < 1.29 is 9.63 Å². The molecule has 6 heteroatoms. The molecule has 6 nitrogen and oxygen atoms in total. The molecule has 0 radical (unpaired) electrons. The summed E-state index contributed by atoms with van der Waals surface area (Å²) in [5.74, 6) is 0.0614. The highest BCUT2D eigenvalue weighted by molar-refractivity contribution is 5.98. The van der Waals surface area contributed by atoms with Gasteiger partial charge in [0, 0.05) is 48.0 Å². The standard InChI is InChI=1S/C20H28N4O2/c1-17(2)8-15(22-26-17)20(5)18(3)10-24(11-19(18,20)4)16(25)14-9-23(12-21-14)13-6-7-13/h9,12-13H,6-8,10-11H2,1-5H3/t18-,19+,20+. The second kappa shape index (κ2) is 4.52. The van der Waals surface area contributed by atoms with Gasteiger partial charge in [-0.1, -0.05) is 25.9 Å². The number of oxime groups is 1. The van der Waals surface area contributed by atoms with Gasteiger partial charge in [-0.25, -0.2) is 4.98 Å². The number of likely N-dealkylation sites (tertiary alicyclic amines) is 1. The molecule has 1 amide bonds. The number of rotatable bonds is 3. The van der Waals surface area contributed by atoms with Gasteiger partial charge in [-0.15, -0.1) is 0 Å². The van der Waals surface area contributed by atoms with Gasteiger partial charge in [0.1, 0.15) is 11.3 Å². The number of nitrogens with zero attached hydrogens (tertiary/aromatic N) is 4. The third-order valence-electron chi connectivity index (χ3n) is 8.03. The van der Waals surface area contributed by atoms with Gasteiger partial charge in [0.15, 0.2) is 0 Å². The molecule has 2 aliphatic heterocycles. The average Bonchev–Trinajstić information content (AvgIpc) is 3.22. The Morgan fingerprint density at radius 3 is 2.35 bits per heavy atom. The Morgan fingerprint density at radius 2 is 1.81 bits per heavy atom. The van der Waals surface area contributed by atoms with Gasteiger partial charge in [-0.05, 0) is 26.7 Å². The van der Waals surface area contributed by atoms with Crippen molar-refractivity contribution in [2.45, 2.75) is 65.5 Å². The van der Waals surface area contributed by atoms with Crippen LogP contribution in [0.25, 0.3) is 0 Å². The normalized spacial score (nSPS) is 40.2. The Balaban J connectivity index is 1.35. The molecule has 5 rings (SSSR count). The van der Waals surface area contributed by atoms with Crippen LogP contribution in [0, 0.1) is 16.2 Å². The lowest BCUT2D eigenvalue weighted by Gasteiger charge is -2.28. The van der Waals surface area contributed by atoms with Crippen LogP contribution < -0.4 is 0 Å². The van der Waals surface area contributed by atoms with Crippen molar-refractivity contribution in [2.75, 3.05) is 13.1 Å². The van der Waals surface area contributed by atoms with Gasteiger partial charge in [-0.3, -0.25) is 4.79 Å². The van der Waals surface area contributed by atoms with E-state index in [1.807, 2.05) is 17.4 Å². The maximum Gasteiger partial charge on any atom is 0.274 e. The van der Waals surface area contributed by atoms with Crippen LogP contribution in [0.15, 0.2) is 17.7 Å². The van der Waals surface area contributed by atoms with Gasteiger partial charge in [-0.2, -0.15) is 0 Å². The van der Waals surface area contributed by atoms with Crippen LogP contribution in [0.4, 0.5) is 0 Å². The third-order valence-corrected chi connectivity index (χ3v) is 8.03. The van der Waals surface area contributed by atoms with Crippen molar-refractivity contribution in [3.63, 3.8) is 0 Å². The number of carbonyl (C=O) groups excluding carboxylic acids is 1. The molecule has 1 saturated heterocycles. The predicted octanol–water partition coefficient (Wildman–Crippen LogP) is 3.26. The summed E-state index contributed by atoms with van der Waals surface area (Å²) in [4.78, 5) is 25.0. The summed E-state index contributed by atoms with van der Waals surface area (Å²) in [7, 11) is 0. The van der Waals surface area contributed by atoms with Crippen molar-refractivity contribution in [3.05, 3.63) is 18.2 Å². The Labute approximate surface area is 154 Å². The molecule has 3 atom stereocenters. The zero-order valence-electron chi connectivity index (χ0n) is 16.4. The van der Waals surface area contributed by atoms with E-state index in [2.05, 4.69) is 49.3 Å². The van der Waals surface area contributed by atoms with Crippen molar-refractivity contribution in [2.24, 2.45) is 21.4 Å². The van der Waals surface area contributed by atoms with Crippen molar-refractivity contribution in [3.8, 4) is 0 Å². The molecule has 3 fully saturated rings. The number of aromatic nitrogens is 2. The number of carbonyl (C=O) groups is 1. The SMILES string of the molecule is CC1(C)CC([C@]2(C)[C@@]3(C)CN(C(=O)c4cn(C5CC5)cn4)C[C@]32C)=NO1. The molecule has 0 aromatic carbocycles. The van der Waals surface area contributed by atoms with Crippen molar-refractivity contribution in [1.82, 2.24) is 14.5 Å². The largest absolute Gasteiger partial charge is 0.389 e. The molecule has 2 aliphatic carbocycles. The number of hydrogen-bond donors (Lipinski definition) is 0. The fraction of sp³-hybridized carbons (Fsp3) is 0.750. The molecule has 2 saturated carbocycles. The van der Waals surface area contributed by atoms with E-state index in [-0.39, 0.29) is 27.8 Å². The summed E-state index contributed by atoms with van der Waals surface area (Å²) in [5, 5.41) is 4.45. The summed E-state index contributed by atoms with van der Waals surface area (Å²) in [5.41, 5.74) is 1.60. The third kappa shape index (κ3) is 1.80. The van der Waals surface area contributed by atoms with Gasteiger partial charge in [0.05, 0.1) is 12.0 Å². The van der Waals surface area contributed by atoms with Crippen LogP contribution in [0.1, 0.15) is 70.4 Å². The zero-order valence-corrected chi connectivity index (χ0v) is 16.4. The molecular formula is C20H28N4O2. The zero-order chi connectivity index (χ0) is 18.5. The van der Waals surface area contributed by atoms with E-state index >= 15 is 0 Å². The Kier molecular flexibility index (Phi) is 2.84. The first-order valence-corrected chi connectivity index (χ1v) is 9.70. The number of fused-ring (bicyclic) bond motifs is 1. The molecule has 1 aromatic heterocycles. The van der Waals surface area contributed by atoms with E-state index in [1.165, 1.54) is 12.8 Å². The van der Waals surface area contributed by atoms with Crippen LogP contribution in [0.5, 0.6) is 0 Å². The average molecular weight is 356 g/mol. The Bertz CT molecular complexity index is 819. The lowest BCUT2D eigenvalue weighted by Crippen LogP contribution is -2.39. The van der Waals surface area contributed by atoms with Crippen LogP contribution in [0.2, 0.25) is 0 Å². The maximum atomic E-state index is 13.0. The number of imidazole rings is 1. The predicted molar refractivity (Wildman–Crippen MR) is 97.9 cm³/mol. The molecule has 3 heterocycles. The molecule has 1 aromatic rings. The molecular weight excluding hydrogens is 328 g/mol. The number of piperidine rings is 1. The van der Waals surface area contributed by atoms with Crippen LogP contribution in [-0.2, 0) is 4.84 Å². The van der Waals surface area contributed by atoms with E-state index in [4.69, 9.17) is 4.84 Å². The molecule has 140 valence electrons. The van der Waals surface area contributed by atoms with Crippen molar-refractivity contribution in [1.29, 1.82) is 0 Å². The lowest BCUT2D eigenvalue weighted by molar-refractivity contribution is 0.0123. The Hall–Kier alpha value is -1.85. The molecule has 26 heavy (non-hydrogen) atoms. The lowest BCUT2D eigenvalue weighted by atomic mass is 9.83. The highest BCUT2D eigenvalue weighted by Gasteiger charge is 2.85. The van der Waals surface area contributed by atoms with E-state index in [9.17, 15) is 4.79 Å². The summed E-state index contributed by atoms with van der Waals surface area (Å²) >= 11 is 0. The highest BCUT2D eigenvalue weighted by atomic mass is 16.7. The summed E-state index contributed by atoms with van der Waals surface area (Å²) in [6, 6.07) is 0.554.